The van der Waals surface area contributed by atoms with Gasteiger partial charge in [-0.2, -0.15) is 0 Å². The van der Waals surface area contributed by atoms with E-state index >= 15 is 0 Å². The predicted octanol–water partition coefficient (Wildman–Crippen LogP) is 2.36. The van der Waals surface area contributed by atoms with Gasteiger partial charge in [0.2, 0.25) is 11.8 Å². The summed E-state index contributed by atoms with van der Waals surface area (Å²) in [4.78, 5) is 31.1. The summed E-state index contributed by atoms with van der Waals surface area (Å²) >= 11 is 0. The van der Waals surface area contributed by atoms with Gasteiger partial charge < -0.3 is 14.8 Å². The average molecular weight is 346 g/mol. The first kappa shape index (κ1) is 18.0. The molecule has 0 aromatic carbocycles. The number of hydrogen-bond donors (Lipinski definition) is 1. The molecule has 6 heteroatoms. The zero-order valence-corrected chi connectivity index (χ0v) is 16.0. The number of carbonyl (C=O) groups is 2. The number of amides is 2. The smallest absolute Gasteiger partial charge is 0.246 e. The van der Waals surface area contributed by atoms with E-state index in [-0.39, 0.29) is 29.2 Å². The third kappa shape index (κ3) is 3.58. The van der Waals surface area contributed by atoms with Crippen LogP contribution in [0.2, 0.25) is 0 Å². The summed E-state index contributed by atoms with van der Waals surface area (Å²) in [7, 11) is 0. The molecule has 2 amide bonds. The topological polar surface area (TPSA) is 67.2 Å². The van der Waals surface area contributed by atoms with E-state index in [2.05, 4.69) is 28.7 Å². The van der Waals surface area contributed by atoms with Gasteiger partial charge in [-0.3, -0.25) is 9.59 Å². The fraction of sp³-hybridized carbons (Fsp3) is 0.737. The van der Waals surface area contributed by atoms with Crippen molar-refractivity contribution < 1.29 is 9.59 Å². The molecule has 2 fully saturated rings. The standard InChI is InChI=1S/C19H30N4O2/c1-12(2)15(21-13(3)24)18(25)23-11-19(4,5)16(23)17-20-8-9-22(17)10-14-6-7-14/h8-9,12,14-16H,6-7,10-11H2,1-5H3,(H,21,24)/t15-,16?/m1/s1. The Balaban J connectivity index is 1.83. The molecule has 1 aliphatic carbocycles. The molecule has 1 aliphatic heterocycles. The van der Waals surface area contributed by atoms with Gasteiger partial charge in [-0.15, -0.1) is 0 Å². The van der Waals surface area contributed by atoms with Crippen LogP contribution in [0.15, 0.2) is 12.4 Å². The maximum Gasteiger partial charge on any atom is 0.246 e. The van der Waals surface area contributed by atoms with Crippen LogP contribution in [-0.4, -0.2) is 38.9 Å². The van der Waals surface area contributed by atoms with Crippen molar-refractivity contribution in [2.75, 3.05) is 6.54 Å². The van der Waals surface area contributed by atoms with Crippen molar-refractivity contribution in [1.29, 1.82) is 0 Å². The molecular weight excluding hydrogens is 316 g/mol. The Morgan fingerprint density at radius 3 is 2.56 bits per heavy atom. The van der Waals surface area contributed by atoms with Gasteiger partial charge in [-0.25, -0.2) is 4.98 Å². The third-order valence-corrected chi connectivity index (χ3v) is 5.35. The highest BCUT2D eigenvalue weighted by atomic mass is 16.2. The fourth-order valence-electron chi connectivity index (χ4n) is 3.83. The molecule has 1 unspecified atom stereocenters. The summed E-state index contributed by atoms with van der Waals surface area (Å²) in [5, 5.41) is 2.82. The zero-order chi connectivity index (χ0) is 18.4. The SMILES string of the molecule is CC(=O)N[C@@H](C(=O)N1CC(C)(C)C1c1nccn1CC1CC1)C(C)C. The van der Waals surface area contributed by atoms with Crippen molar-refractivity contribution in [3.05, 3.63) is 18.2 Å². The van der Waals surface area contributed by atoms with Crippen LogP contribution in [0.25, 0.3) is 0 Å². The van der Waals surface area contributed by atoms with E-state index in [0.29, 0.717) is 6.54 Å². The number of rotatable bonds is 6. The van der Waals surface area contributed by atoms with E-state index < -0.39 is 6.04 Å². The molecule has 1 N–H and O–H groups in total. The molecule has 1 aromatic rings. The van der Waals surface area contributed by atoms with Crippen LogP contribution in [0.4, 0.5) is 0 Å². The lowest BCUT2D eigenvalue weighted by atomic mass is 9.73. The minimum Gasteiger partial charge on any atom is -0.344 e. The predicted molar refractivity (Wildman–Crippen MR) is 95.6 cm³/mol. The molecule has 1 saturated carbocycles. The Hall–Kier alpha value is -1.85. The highest BCUT2D eigenvalue weighted by molar-refractivity contribution is 5.88. The monoisotopic (exact) mass is 346 g/mol. The van der Waals surface area contributed by atoms with Crippen LogP contribution in [0, 0.1) is 17.3 Å². The number of carbonyl (C=O) groups excluding carboxylic acids is 2. The van der Waals surface area contributed by atoms with E-state index in [4.69, 9.17) is 0 Å². The molecule has 1 saturated heterocycles. The molecule has 6 nitrogen and oxygen atoms in total. The van der Waals surface area contributed by atoms with Gasteiger partial charge in [-0.1, -0.05) is 27.7 Å². The van der Waals surface area contributed by atoms with Crippen molar-refractivity contribution >= 4 is 11.8 Å². The molecule has 0 bridgehead atoms. The lowest BCUT2D eigenvalue weighted by Gasteiger charge is -2.54. The molecule has 138 valence electrons. The van der Waals surface area contributed by atoms with E-state index in [0.717, 1.165) is 18.3 Å². The second kappa shape index (κ2) is 6.46. The Bertz CT molecular complexity index is 660. The Morgan fingerprint density at radius 2 is 2.04 bits per heavy atom. The van der Waals surface area contributed by atoms with E-state index in [1.165, 1.54) is 19.8 Å². The van der Waals surface area contributed by atoms with Crippen molar-refractivity contribution in [3.63, 3.8) is 0 Å². The summed E-state index contributed by atoms with van der Waals surface area (Å²) in [6, 6.07) is -0.522. The second-order valence-corrected chi connectivity index (χ2v) is 8.66. The number of imidazole rings is 1. The van der Waals surface area contributed by atoms with E-state index in [1.807, 2.05) is 31.1 Å². The molecular formula is C19H30N4O2. The van der Waals surface area contributed by atoms with Crippen LogP contribution in [0.5, 0.6) is 0 Å². The first-order chi connectivity index (χ1) is 11.7. The largest absolute Gasteiger partial charge is 0.344 e. The van der Waals surface area contributed by atoms with Crippen LogP contribution in [0.1, 0.15) is 59.3 Å². The first-order valence-electron chi connectivity index (χ1n) is 9.29. The maximum atomic E-state index is 13.1. The van der Waals surface area contributed by atoms with E-state index in [1.54, 1.807) is 0 Å². The van der Waals surface area contributed by atoms with Crippen molar-refractivity contribution in [2.45, 2.75) is 66.1 Å². The summed E-state index contributed by atoms with van der Waals surface area (Å²) in [6.07, 6.45) is 6.43. The highest BCUT2D eigenvalue weighted by Crippen LogP contribution is 2.48. The molecule has 25 heavy (non-hydrogen) atoms. The van der Waals surface area contributed by atoms with Gasteiger partial charge in [0, 0.05) is 37.8 Å². The molecule has 1 aromatic heterocycles. The van der Waals surface area contributed by atoms with Gasteiger partial charge in [0.1, 0.15) is 11.9 Å². The van der Waals surface area contributed by atoms with Crippen LogP contribution >= 0.6 is 0 Å². The molecule has 2 heterocycles. The van der Waals surface area contributed by atoms with Crippen molar-refractivity contribution in [2.24, 2.45) is 17.3 Å². The van der Waals surface area contributed by atoms with Gasteiger partial charge >= 0.3 is 0 Å². The summed E-state index contributed by atoms with van der Waals surface area (Å²) < 4.78 is 2.21. The van der Waals surface area contributed by atoms with Crippen LogP contribution < -0.4 is 5.32 Å². The number of likely N-dealkylation sites (tertiary alicyclic amines) is 1. The molecule has 3 rings (SSSR count). The van der Waals surface area contributed by atoms with Gasteiger partial charge in [0.15, 0.2) is 0 Å². The minimum absolute atomic E-state index is 0.00417. The Kier molecular flexibility index (Phi) is 4.64. The molecule has 2 atom stereocenters. The number of hydrogen-bond acceptors (Lipinski definition) is 3. The highest BCUT2D eigenvalue weighted by Gasteiger charge is 2.52. The van der Waals surface area contributed by atoms with Crippen LogP contribution in [-0.2, 0) is 16.1 Å². The normalized spacial score (nSPS) is 23.3. The van der Waals surface area contributed by atoms with Crippen molar-refractivity contribution in [3.8, 4) is 0 Å². The van der Waals surface area contributed by atoms with Crippen LogP contribution in [0.3, 0.4) is 0 Å². The molecule has 0 spiro atoms. The fourth-order valence-corrected chi connectivity index (χ4v) is 3.83. The Morgan fingerprint density at radius 1 is 1.36 bits per heavy atom. The minimum atomic E-state index is -0.483. The van der Waals surface area contributed by atoms with E-state index in [9.17, 15) is 9.59 Å². The average Bonchev–Trinajstić information content (AvgIpc) is 3.21. The number of nitrogens with zero attached hydrogens (tertiary/aromatic N) is 3. The van der Waals surface area contributed by atoms with Crippen molar-refractivity contribution in [1.82, 2.24) is 19.8 Å². The van der Waals surface area contributed by atoms with Gasteiger partial charge in [0.05, 0.1) is 6.04 Å². The third-order valence-electron chi connectivity index (χ3n) is 5.35. The summed E-state index contributed by atoms with van der Waals surface area (Å²) in [6.45, 7) is 11.4. The zero-order valence-electron chi connectivity index (χ0n) is 16.0. The Labute approximate surface area is 150 Å². The summed E-state index contributed by atoms with van der Waals surface area (Å²) in [5.41, 5.74) is -0.0138. The molecule has 2 aliphatic rings. The van der Waals surface area contributed by atoms with Gasteiger partial charge in [0.25, 0.3) is 0 Å². The quantitative estimate of drug-likeness (QED) is 0.860. The first-order valence-corrected chi connectivity index (χ1v) is 9.29. The number of aromatic nitrogens is 2. The lowest BCUT2D eigenvalue weighted by molar-refractivity contribution is -0.157. The maximum absolute atomic E-state index is 13.1. The second-order valence-electron chi connectivity index (χ2n) is 8.66. The summed E-state index contributed by atoms with van der Waals surface area (Å²) in [5.74, 6) is 1.60. The number of nitrogens with one attached hydrogen (secondary N) is 1. The van der Waals surface area contributed by atoms with Gasteiger partial charge in [-0.05, 0) is 24.7 Å². The lowest BCUT2D eigenvalue weighted by Crippen LogP contribution is -2.63. The molecule has 0 radical (unpaired) electrons.